The van der Waals surface area contributed by atoms with E-state index in [2.05, 4.69) is 25.7 Å². The van der Waals surface area contributed by atoms with Gasteiger partial charge in [0.1, 0.15) is 10.7 Å². The summed E-state index contributed by atoms with van der Waals surface area (Å²) in [5, 5.41) is 11.9. The molecule has 0 spiro atoms. The lowest BCUT2D eigenvalue weighted by Gasteiger charge is -2.27. The fourth-order valence-corrected chi connectivity index (χ4v) is 5.87. The Hall–Kier alpha value is -4.35. The van der Waals surface area contributed by atoms with Gasteiger partial charge in [0.15, 0.2) is 0 Å². The number of para-hydroxylation sites is 1. The molecule has 1 amide bonds. The molecule has 0 radical (unpaired) electrons. The summed E-state index contributed by atoms with van der Waals surface area (Å²) in [6, 6.07) is 17.4. The van der Waals surface area contributed by atoms with Crippen LogP contribution in [0.3, 0.4) is 0 Å². The zero-order valence-corrected chi connectivity index (χ0v) is 20.5. The molecule has 2 N–H and O–H groups in total. The van der Waals surface area contributed by atoms with Crippen LogP contribution in [0.5, 0.6) is 0 Å². The normalized spacial score (nSPS) is 14.2. The number of pyridine rings is 2. The van der Waals surface area contributed by atoms with E-state index in [1.165, 1.54) is 12.3 Å². The Kier molecular flexibility index (Phi) is 5.78. The van der Waals surface area contributed by atoms with Crippen LogP contribution in [-0.2, 0) is 10.0 Å². The lowest BCUT2D eigenvalue weighted by molar-refractivity contribution is 0.0736. The quantitative estimate of drug-likeness (QED) is 0.368. The van der Waals surface area contributed by atoms with Crippen LogP contribution in [-0.4, -0.2) is 64.6 Å². The largest absolute Gasteiger partial charge is 0.340 e. The van der Waals surface area contributed by atoms with Gasteiger partial charge in [0.05, 0.1) is 17.2 Å². The number of nitrogens with zero attached hydrogens (tertiary/aromatic N) is 5. The number of hydrogen-bond acceptors (Lipinski definition) is 8. The first-order valence-electron chi connectivity index (χ1n) is 11.8. The van der Waals surface area contributed by atoms with Crippen LogP contribution >= 0.6 is 0 Å². The van der Waals surface area contributed by atoms with Crippen LogP contribution in [0.4, 0.5) is 11.5 Å². The van der Waals surface area contributed by atoms with Gasteiger partial charge in [0, 0.05) is 66.7 Å². The molecule has 3 aromatic heterocycles. The van der Waals surface area contributed by atoms with Crippen LogP contribution in [0.1, 0.15) is 10.4 Å². The maximum absolute atomic E-state index is 13.6. The predicted molar refractivity (Wildman–Crippen MR) is 140 cm³/mol. The molecule has 186 valence electrons. The molecule has 37 heavy (non-hydrogen) atoms. The average Bonchev–Trinajstić information content (AvgIpc) is 3.37. The lowest BCUT2D eigenvalue weighted by Crippen LogP contribution is -2.46. The van der Waals surface area contributed by atoms with E-state index in [1.807, 2.05) is 17.0 Å². The van der Waals surface area contributed by atoms with Gasteiger partial charge < -0.3 is 15.5 Å². The Balaban J connectivity index is 1.29. The molecule has 0 saturated carbocycles. The van der Waals surface area contributed by atoms with Crippen molar-refractivity contribution in [1.29, 1.82) is 0 Å². The number of benzene rings is 2. The maximum atomic E-state index is 13.6. The highest BCUT2D eigenvalue weighted by Crippen LogP contribution is 2.27. The second-order valence-electron chi connectivity index (χ2n) is 8.70. The highest BCUT2D eigenvalue weighted by molar-refractivity contribution is 7.90. The van der Waals surface area contributed by atoms with Crippen molar-refractivity contribution in [2.75, 3.05) is 31.5 Å². The number of amides is 1. The number of piperazine rings is 1. The summed E-state index contributed by atoms with van der Waals surface area (Å²) in [6.07, 6.45) is 4.61. The molecule has 1 fully saturated rings. The minimum Gasteiger partial charge on any atom is -0.340 e. The molecular formula is C26H23N7O3S. The number of carbonyl (C=O) groups excluding carboxylic acids is 1. The second kappa shape index (κ2) is 9.26. The third-order valence-electron chi connectivity index (χ3n) is 6.33. The fourth-order valence-electron chi connectivity index (χ4n) is 4.43. The summed E-state index contributed by atoms with van der Waals surface area (Å²) in [6.45, 7) is 2.97. The van der Waals surface area contributed by atoms with Crippen LogP contribution < -0.4 is 10.6 Å². The lowest BCUT2D eigenvalue weighted by atomic mass is 10.1. The van der Waals surface area contributed by atoms with Crippen LogP contribution in [0.25, 0.3) is 21.8 Å². The Morgan fingerprint density at radius 2 is 1.70 bits per heavy atom. The Morgan fingerprint density at radius 1 is 0.919 bits per heavy atom. The van der Waals surface area contributed by atoms with E-state index >= 15 is 0 Å². The molecule has 0 atom stereocenters. The third kappa shape index (κ3) is 4.28. The molecular weight excluding hydrogens is 490 g/mol. The van der Waals surface area contributed by atoms with E-state index in [9.17, 15) is 13.2 Å². The SMILES string of the molecule is O=C(c1ccc(Nc2cc3c(cn2)cnn3S(=O)(=O)c2cccc3cccnc23)cc1)N1CCNCC1. The monoisotopic (exact) mass is 513 g/mol. The van der Waals surface area contributed by atoms with Gasteiger partial charge in [-0.25, -0.2) is 4.98 Å². The van der Waals surface area contributed by atoms with Crippen LogP contribution in [0.15, 0.2) is 84.1 Å². The van der Waals surface area contributed by atoms with E-state index in [-0.39, 0.29) is 10.8 Å². The highest BCUT2D eigenvalue weighted by Gasteiger charge is 2.24. The van der Waals surface area contributed by atoms with Crippen molar-refractivity contribution >= 4 is 49.2 Å². The van der Waals surface area contributed by atoms with Gasteiger partial charge in [0.25, 0.3) is 15.9 Å². The van der Waals surface area contributed by atoms with Crippen molar-refractivity contribution in [1.82, 2.24) is 29.4 Å². The molecule has 1 aliphatic heterocycles. The molecule has 4 heterocycles. The van der Waals surface area contributed by atoms with E-state index in [1.54, 1.807) is 54.9 Å². The molecule has 0 bridgehead atoms. The minimum absolute atomic E-state index is 0.00429. The summed E-state index contributed by atoms with van der Waals surface area (Å²) < 4.78 is 28.2. The van der Waals surface area contributed by atoms with Crippen LogP contribution in [0, 0.1) is 0 Å². The topological polar surface area (TPSA) is 122 Å². The molecule has 1 aliphatic rings. The van der Waals surface area contributed by atoms with Crippen molar-refractivity contribution in [3.63, 3.8) is 0 Å². The molecule has 1 saturated heterocycles. The molecule has 11 heteroatoms. The molecule has 0 unspecified atom stereocenters. The minimum atomic E-state index is -4.02. The van der Waals surface area contributed by atoms with Gasteiger partial charge in [-0.1, -0.05) is 18.2 Å². The van der Waals surface area contributed by atoms with E-state index in [4.69, 9.17) is 0 Å². The summed E-state index contributed by atoms with van der Waals surface area (Å²) in [5.74, 6) is 0.450. The van der Waals surface area contributed by atoms with E-state index < -0.39 is 10.0 Å². The summed E-state index contributed by atoms with van der Waals surface area (Å²) in [5.41, 5.74) is 2.10. The predicted octanol–water partition coefficient (Wildman–Crippen LogP) is 3.01. The smallest absolute Gasteiger partial charge is 0.285 e. The Morgan fingerprint density at radius 3 is 2.51 bits per heavy atom. The van der Waals surface area contributed by atoms with Gasteiger partial charge in [-0.15, -0.1) is 0 Å². The first kappa shape index (κ1) is 23.1. The van der Waals surface area contributed by atoms with E-state index in [0.717, 1.165) is 28.3 Å². The number of hydrogen-bond donors (Lipinski definition) is 2. The van der Waals surface area contributed by atoms with Crippen molar-refractivity contribution < 1.29 is 13.2 Å². The number of nitrogens with one attached hydrogen (secondary N) is 2. The van der Waals surface area contributed by atoms with Gasteiger partial charge in [0.2, 0.25) is 0 Å². The van der Waals surface area contributed by atoms with E-state index in [0.29, 0.717) is 40.9 Å². The zero-order valence-electron chi connectivity index (χ0n) is 19.7. The standard InChI is InChI=1S/C26H23N7O3S/c34-26(32-13-11-27-12-14-32)19-6-8-21(9-7-19)31-24-15-22-20(16-29-24)17-30-33(22)37(35,36)23-5-1-3-18-4-2-10-28-25(18)23/h1-10,15-17,27H,11-14H2,(H,29,31). The molecule has 2 aromatic carbocycles. The maximum Gasteiger partial charge on any atom is 0.285 e. The number of aromatic nitrogens is 4. The molecule has 6 rings (SSSR count). The van der Waals surface area contributed by atoms with Crippen molar-refractivity contribution in [2.45, 2.75) is 4.90 Å². The Bertz CT molecular complexity index is 1720. The molecule has 5 aromatic rings. The summed E-state index contributed by atoms with van der Waals surface area (Å²) in [4.78, 5) is 23.3. The zero-order chi connectivity index (χ0) is 25.4. The van der Waals surface area contributed by atoms with Crippen molar-refractivity contribution in [3.8, 4) is 0 Å². The van der Waals surface area contributed by atoms with Gasteiger partial charge >= 0.3 is 0 Å². The van der Waals surface area contributed by atoms with Crippen LogP contribution in [0.2, 0.25) is 0 Å². The van der Waals surface area contributed by atoms with Crippen molar-refractivity contribution in [2.24, 2.45) is 0 Å². The van der Waals surface area contributed by atoms with Crippen molar-refractivity contribution in [3.05, 3.63) is 84.8 Å². The molecule has 10 nitrogen and oxygen atoms in total. The number of anilines is 2. The Labute approximate surface area is 213 Å². The third-order valence-corrected chi connectivity index (χ3v) is 7.96. The second-order valence-corrected chi connectivity index (χ2v) is 10.4. The fraction of sp³-hybridized carbons (Fsp3) is 0.154. The number of carbonyl (C=O) groups is 1. The number of rotatable bonds is 5. The highest BCUT2D eigenvalue weighted by atomic mass is 32.2. The first-order chi connectivity index (χ1) is 18.0. The average molecular weight is 514 g/mol. The van der Waals surface area contributed by atoms with Gasteiger partial charge in [-0.3, -0.25) is 9.78 Å². The number of fused-ring (bicyclic) bond motifs is 2. The first-order valence-corrected chi connectivity index (χ1v) is 13.2. The summed E-state index contributed by atoms with van der Waals surface area (Å²) in [7, 11) is -4.02. The van der Waals surface area contributed by atoms with Gasteiger partial charge in [-0.2, -0.15) is 17.6 Å². The summed E-state index contributed by atoms with van der Waals surface area (Å²) >= 11 is 0. The van der Waals surface area contributed by atoms with Gasteiger partial charge in [-0.05, 0) is 36.4 Å². The molecule has 0 aliphatic carbocycles.